The zero-order valence-electron chi connectivity index (χ0n) is 16.8. The predicted octanol–water partition coefficient (Wildman–Crippen LogP) is 2.13. The van der Waals surface area contributed by atoms with E-state index in [1.807, 2.05) is 30.3 Å². The first kappa shape index (κ1) is 20.1. The standard InChI is InChI=1S/C22H20N4O5/c1-30-18-14-26(15-8-3-2-4-9-15)24-19(18)21(28)31-13-7-12-25-20(27)16-10-5-6-11-17(16)23-22(25)29/h2-6,8-11,14H,7,12-13H2,1H3,(H,23,29). The highest BCUT2D eigenvalue weighted by Crippen LogP contribution is 2.20. The first-order valence-electron chi connectivity index (χ1n) is 9.66. The Hall–Kier alpha value is -4.14. The van der Waals surface area contributed by atoms with Crippen molar-refractivity contribution in [3.05, 3.63) is 87.3 Å². The van der Waals surface area contributed by atoms with Crippen LogP contribution in [0.2, 0.25) is 0 Å². The number of carbonyl (C=O) groups is 1. The van der Waals surface area contributed by atoms with Gasteiger partial charge in [-0.3, -0.25) is 9.36 Å². The molecule has 4 aromatic rings. The van der Waals surface area contributed by atoms with Crippen LogP contribution in [0.4, 0.5) is 0 Å². The summed E-state index contributed by atoms with van der Waals surface area (Å²) >= 11 is 0. The topological polar surface area (TPSA) is 108 Å². The van der Waals surface area contributed by atoms with Crippen LogP contribution in [0.25, 0.3) is 16.6 Å². The monoisotopic (exact) mass is 420 g/mol. The number of H-pyrrole nitrogens is 1. The summed E-state index contributed by atoms with van der Waals surface area (Å²) in [4.78, 5) is 39.9. The smallest absolute Gasteiger partial charge is 0.362 e. The highest BCUT2D eigenvalue weighted by molar-refractivity contribution is 5.90. The molecule has 4 rings (SSSR count). The lowest BCUT2D eigenvalue weighted by Crippen LogP contribution is -2.35. The van der Waals surface area contributed by atoms with Gasteiger partial charge in [0.15, 0.2) is 5.75 Å². The molecule has 31 heavy (non-hydrogen) atoms. The number of fused-ring (bicyclic) bond motifs is 1. The fourth-order valence-corrected chi connectivity index (χ4v) is 3.22. The molecule has 2 heterocycles. The highest BCUT2D eigenvalue weighted by Gasteiger charge is 2.20. The number of benzene rings is 2. The van der Waals surface area contributed by atoms with Gasteiger partial charge >= 0.3 is 11.7 Å². The molecule has 0 aliphatic carbocycles. The average Bonchev–Trinajstić information content (AvgIpc) is 3.23. The van der Waals surface area contributed by atoms with Gasteiger partial charge in [0.25, 0.3) is 5.56 Å². The summed E-state index contributed by atoms with van der Waals surface area (Å²) < 4.78 is 13.2. The van der Waals surface area contributed by atoms with Gasteiger partial charge in [0.1, 0.15) is 0 Å². The van der Waals surface area contributed by atoms with Crippen molar-refractivity contribution in [2.24, 2.45) is 0 Å². The highest BCUT2D eigenvalue weighted by atomic mass is 16.5. The quantitative estimate of drug-likeness (QED) is 0.362. The van der Waals surface area contributed by atoms with Gasteiger partial charge in [0.2, 0.25) is 5.69 Å². The molecule has 2 aromatic carbocycles. The van der Waals surface area contributed by atoms with Crippen molar-refractivity contribution in [1.82, 2.24) is 19.3 Å². The maximum atomic E-state index is 12.5. The lowest BCUT2D eigenvalue weighted by molar-refractivity contribution is 0.0484. The van der Waals surface area contributed by atoms with E-state index in [-0.39, 0.29) is 36.6 Å². The zero-order valence-corrected chi connectivity index (χ0v) is 16.8. The van der Waals surface area contributed by atoms with Crippen molar-refractivity contribution in [2.75, 3.05) is 13.7 Å². The van der Waals surface area contributed by atoms with E-state index in [0.717, 1.165) is 10.3 Å². The van der Waals surface area contributed by atoms with Gasteiger partial charge in [0, 0.05) is 6.54 Å². The molecule has 158 valence electrons. The molecule has 0 aliphatic rings. The molecule has 0 saturated heterocycles. The van der Waals surface area contributed by atoms with Gasteiger partial charge in [-0.25, -0.2) is 14.3 Å². The van der Waals surface area contributed by atoms with Crippen LogP contribution in [-0.2, 0) is 11.3 Å². The number of nitrogens with one attached hydrogen (secondary N) is 1. The SMILES string of the molecule is COc1cn(-c2ccccc2)nc1C(=O)OCCCn1c(=O)[nH]c2ccccc2c1=O. The second-order valence-electron chi connectivity index (χ2n) is 6.75. The molecule has 2 aromatic heterocycles. The van der Waals surface area contributed by atoms with Crippen LogP contribution in [0, 0.1) is 0 Å². The van der Waals surface area contributed by atoms with Crippen LogP contribution in [0.3, 0.4) is 0 Å². The van der Waals surface area contributed by atoms with Gasteiger partial charge < -0.3 is 14.5 Å². The Morgan fingerprint density at radius 1 is 1.06 bits per heavy atom. The van der Waals surface area contributed by atoms with Gasteiger partial charge in [0.05, 0.1) is 36.5 Å². The average molecular weight is 420 g/mol. The molecule has 9 heteroatoms. The number of ether oxygens (including phenoxy) is 2. The van der Waals surface area contributed by atoms with E-state index in [2.05, 4.69) is 10.1 Å². The molecular weight excluding hydrogens is 400 g/mol. The molecule has 1 N–H and O–H groups in total. The zero-order chi connectivity index (χ0) is 21.8. The summed E-state index contributed by atoms with van der Waals surface area (Å²) in [5, 5.41) is 4.68. The van der Waals surface area contributed by atoms with Crippen LogP contribution in [-0.4, -0.2) is 39.0 Å². The summed E-state index contributed by atoms with van der Waals surface area (Å²) in [6.07, 6.45) is 1.88. The van der Waals surface area contributed by atoms with Crippen LogP contribution in [0.15, 0.2) is 70.4 Å². The largest absolute Gasteiger partial charge is 0.493 e. The summed E-state index contributed by atoms with van der Waals surface area (Å²) in [7, 11) is 1.45. The molecule has 0 spiro atoms. The third-order valence-corrected chi connectivity index (χ3v) is 4.76. The first-order chi connectivity index (χ1) is 15.1. The van der Waals surface area contributed by atoms with Crippen molar-refractivity contribution >= 4 is 16.9 Å². The Bertz CT molecular complexity index is 1340. The maximum Gasteiger partial charge on any atom is 0.362 e. The maximum absolute atomic E-state index is 12.5. The number of aromatic amines is 1. The van der Waals surface area contributed by atoms with Crippen LogP contribution >= 0.6 is 0 Å². The first-order valence-corrected chi connectivity index (χ1v) is 9.66. The number of hydrogen-bond acceptors (Lipinski definition) is 6. The summed E-state index contributed by atoms with van der Waals surface area (Å²) in [6, 6.07) is 16.1. The van der Waals surface area contributed by atoms with Gasteiger partial charge in [-0.2, -0.15) is 5.10 Å². The molecule has 0 atom stereocenters. The van der Waals surface area contributed by atoms with Crippen LogP contribution in [0.1, 0.15) is 16.9 Å². The number of para-hydroxylation sites is 2. The molecule has 0 aliphatic heterocycles. The third kappa shape index (κ3) is 4.11. The molecule has 0 saturated carbocycles. The molecule has 0 amide bonds. The van der Waals surface area contributed by atoms with Crippen LogP contribution < -0.4 is 16.0 Å². The Morgan fingerprint density at radius 3 is 2.58 bits per heavy atom. The van der Waals surface area contributed by atoms with Crippen molar-refractivity contribution in [1.29, 1.82) is 0 Å². The molecule has 0 unspecified atom stereocenters. The van der Waals surface area contributed by atoms with E-state index in [0.29, 0.717) is 10.9 Å². The Balaban J connectivity index is 1.42. The number of esters is 1. The van der Waals surface area contributed by atoms with Crippen molar-refractivity contribution < 1.29 is 14.3 Å². The number of nitrogens with zero attached hydrogens (tertiary/aromatic N) is 3. The van der Waals surface area contributed by atoms with Gasteiger partial charge in [-0.15, -0.1) is 0 Å². The molecule has 0 radical (unpaired) electrons. The Labute approximate surface area is 176 Å². The van der Waals surface area contributed by atoms with E-state index in [1.165, 1.54) is 11.8 Å². The Kier molecular flexibility index (Phi) is 5.65. The minimum atomic E-state index is -0.647. The van der Waals surface area contributed by atoms with E-state index >= 15 is 0 Å². The van der Waals surface area contributed by atoms with E-state index in [9.17, 15) is 14.4 Å². The van der Waals surface area contributed by atoms with Crippen molar-refractivity contribution in [3.63, 3.8) is 0 Å². The number of methoxy groups -OCH3 is 1. The second-order valence-corrected chi connectivity index (χ2v) is 6.75. The normalized spacial score (nSPS) is 10.9. The molecule has 0 fully saturated rings. The fourth-order valence-electron chi connectivity index (χ4n) is 3.22. The van der Waals surface area contributed by atoms with Crippen molar-refractivity contribution in [3.8, 4) is 11.4 Å². The minimum absolute atomic E-state index is 0.0128. The minimum Gasteiger partial charge on any atom is -0.493 e. The number of rotatable bonds is 7. The second kappa shape index (κ2) is 8.70. The van der Waals surface area contributed by atoms with Crippen LogP contribution in [0.5, 0.6) is 5.75 Å². The summed E-state index contributed by atoms with van der Waals surface area (Å²) in [6.45, 7) is 0.126. The lowest BCUT2D eigenvalue weighted by Gasteiger charge is -2.07. The summed E-state index contributed by atoms with van der Waals surface area (Å²) in [5.41, 5.74) is 0.426. The fraction of sp³-hybridized carbons (Fsp3) is 0.182. The molecule has 9 nitrogen and oxygen atoms in total. The summed E-state index contributed by atoms with van der Waals surface area (Å²) in [5.74, 6) is -0.359. The molecule has 0 bridgehead atoms. The van der Waals surface area contributed by atoms with E-state index in [4.69, 9.17) is 9.47 Å². The van der Waals surface area contributed by atoms with Crippen molar-refractivity contribution in [2.45, 2.75) is 13.0 Å². The Morgan fingerprint density at radius 2 is 1.81 bits per heavy atom. The lowest BCUT2D eigenvalue weighted by atomic mass is 10.2. The van der Waals surface area contributed by atoms with E-state index < -0.39 is 11.7 Å². The van der Waals surface area contributed by atoms with E-state index in [1.54, 1.807) is 30.5 Å². The number of aromatic nitrogens is 4. The third-order valence-electron chi connectivity index (χ3n) is 4.76. The predicted molar refractivity (Wildman–Crippen MR) is 114 cm³/mol. The van der Waals surface area contributed by atoms with Gasteiger partial charge in [-0.05, 0) is 30.7 Å². The number of hydrogen-bond donors (Lipinski definition) is 1. The molecular formula is C22H20N4O5. The number of carbonyl (C=O) groups excluding carboxylic acids is 1. The van der Waals surface area contributed by atoms with Gasteiger partial charge in [-0.1, -0.05) is 30.3 Å².